The van der Waals surface area contributed by atoms with Crippen molar-refractivity contribution in [3.63, 3.8) is 0 Å². The lowest BCUT2D eigenvalue weighted by Gasteiger charge is -2.28. The Bertz CT molecular complexity index is 661. The Labute approximate surface area is 132 Å². The maximum absolute atomic E-state index is 12.6. The van der Waals surface area contributed by atoms with Gasteiger partial charge in [-0.3, -0.25) is 14.5 Å². The fraction of sp³-hybridized carbons (Fsp3) is 0.400. The van der Waals surface area contributed by atoms with Gasteiger partial charge in [0.25, 0.3) is 5.91 Å². The fourth-order valence-electron chi connectivity index (χ4n) is 2.64. The molecule has 0 N–H and O–H groups in total. The van der Waals surface area contributed by atoms with Gasteiger partial charge in [0.2, 0.25) is 5.91 Å². The summed E-state index contributed by atoms with van der Waals surface area (Å²) in [5, 5.41) is 0. The number of nitrogens with zero attached hydrogens (tertiary/aromatic N) is 2. The summed E-state index contributed by atoms with van der Waals surface area (Å²) in [6.07, 6.45) is 0.693. The van der Waals surface area contributed by atoms with Crippen LogP contribution in [0, 0.1) is 0 Å². The van der Waals surface area contributed by atoms with Crippen molar-refractivity contribution < 1.29 is 19.1 Å². The third-order valence-corrected chi connectivity index (χ3v) is 5.27. The van der Waals surface area contributed by atoms with Crippen molar-refractivity contribution in [2.24, 2.45) is 0 Å². The van der Waals surface area contributed by atoms with E-state index in [0.717, 1.165) is 10.6 Å². The summed E-state index contributed by atoms with van der Waals surface area (Å²) in [7, 11) is 3.19. The number of ether oxygens (including phenoxy) is 1. The summed E-state index contributed by atoms with van der Waals surface area (Å²) in [5.74, 6) is -0.913. The molecule has 0 saturated carbocycles. The van der Waals surface area contributed by atoms with Crippen molar-refractivity contribution in [2.45, 2.75) is 22.6 Å². The predicted molar refractivity (Wildman–Crippen MR) is 81.4 cm³/mol. The molecule has 6 nitrogen and oxygen atoms in total. The van der Waals surface area contributed by atoms with Crippen LogP contribution in [0.4, 0.5) is 5.69 Å². The molecule has 0 spiro atoms. The van der Waals surface area contributed by atoms with Gasteiger partial charge in [-0.15, -0.1) is 0 Å². The maximum atomic E-state index is 12.6. The number of benzene rings is 1. The zero-order chi connectivity index (χ0) is 15.9. The van der Waals surface area contributed by atoms with Gasteiger partial charge in [-0.1, -0.05) is 23.9 Å². The van der Waals surface area contributed by atoms with Crippen LogP contribution in [-0.2, 0) is 19.1 Å². The average Bonchev–Trinajstić information content (AvgIpc) is 3.00. The van der Waals surface area contributed by atoms with Crippen molar-refractivity contribution >= 4 is 35.2 Å². The maximum Gasteiger partial charge on any atom is 0.344 e. The van der Waals surface area contributed by atoms with Crippen LogP contribution >= 0.6 is 11.8 Å². The number of likely N-dealkylation sites (N-methyl/N-ethyl adjacent to an activating group) is 1. The van der Waals surface area contributed by atoms with Crippen LogP contribution in [0.2, 0.25) is 0 Å². The monoisotopic (exact) mass is 320 g/mol. The predicted octanol–water partition coefficient (Wildman–Crippen LogP) is 1.25. The lowest BCUT2D eigenvalue weighted by atomic mass is 10.2. The van der Waals surface area contributed by atoms with Gasteiger partial charge in [0.15, 0.2) is 11.5 Å². The number of hydrogen-bond donors (Lipinski definition) is 0. The van der Waals surface area contributed by atoms with Gasteiger partial charge in [0.1, 0.15) is 0 Å². The van der Waals surface area contributed by atoms with Crippen LogP contribution in [0.25, 0.3) is 0 Å². The molecule has 0 aromatic heterocycles. The molecule has 1 atom stereocenters. The number of fused-ring (bicyclic) bond motifs is 3. The number of rotatable bonds is 3. The third-order valence-electron chi connectivity index (χ3n) is 3.82. The molecule has 1 aromatic carbocycles. The Hall–Kier alpha value is -2.02. The highest BCUT2D eigenvalue weighted by atomic mass is 32.2. The molecule has 0 radical (unpaired) electrons. The number of carbonyl (C=O) groups is 3. The second-order valence-electron chi connectivity index (χ2n) is 5.45. The number of thioether (sulfide) groups is 1. The standard InChI is InChI=1S/C15H16N2O4S/c1-16(2)13(19)9-21-14(20)15-8-7-12(18)17(15)10-5-3-4-6-11(10)22-15/h3-6H,7-9H2,1-2H3/t15-/m0/s1. The van der Waals surface area contributed by atoms with E-state index in [1.165, 1.54) is 21.6 Å². The molecule has 2 aliphatic rings. The molecule has 3 rings (SSSR count). The van der Waals surface area contributed by atoms with Gasteiger partial charge in [-0.2, -0.15) is 0 Å². The van der Waals surface area contributed by atoms with Gasteiger partial charge in [-0.25, -0.2) is 4.79 Å². The molecule has 0 unspecified atom stereocenters. The van der Waals surface area contributed by atoms with E-state index >= 15 is 0 Å². The van der Waals surface area contributed by atoms with E-state index in [1.54, 1.807) is 14.1 Å². The highest BCUT2D eigenvalue weighted by Crippen LogP contribution is 2.56. The zero-order valence-corrected chi connectivity index (χ0v) is 13.2. The van der Waals surface area contributed by atoms with Gasteiger partial charge < -0.3 is 9.64 Å². The SMILES string of the molecule is CN(C)C(=O)COC(=O)[C@@]12CCC(=O)N1c1ccccc1S2. The Balaban J connectivity index is 1.85. The molecule has 2 amide bonds. The molecular weight excluding hydrogens is 304 g/mol. The van der Waals surface area contributed by atoms with Crippen molar-refractivity contribution in [3.05, 3.63) is 24.3 Å². The van der Waals surface area contributed by atoms with E-state index < -0.39 is 10.8 Å². The number of carbonyl (C=O) groups excluding carboxylic acids is 3. The van der Waals surface area contributed by atoms with Gasteiger partial charge in [-0.05, 0) is 12.1 Å². The minimum Gasteiger partial charge on any atom is -0.453 e. The minimum absolute atomic E-state index is 0.0895. The summed E-state index contributed by atoms with van der Waals surface area (Å²) >= 11 is 1.33. The minimum atomic E-state index is -1.06. The Morgan fingerprint density at radius 3 is 2.82 bits per heavy atom. The molecule has 1 aromatic rings. The van der Waals surface area contributed by atoms with Crippen LogP contribution in [0.5, 0.6) is 0 Å². The molecule has 0 bridgehead atoms. The van der Waals surface area contributed by atoms with E-state index in [9.17, 15) is 14.4 Å². The van der Waals surface area contributed by atoms with E-state index in [-0.39, 0.29) is 18.4 Å². The summed E-state index contributed by atoms with van der Waals surface area (Å²) in [4.78, 5) is 39.1. The highest BCUT2D eigenvalue weighted by molar-refractivity contribution is 8.02. The lowest BCUT2D eigenvalue weighted by Crippen LogP contribution is -2.48. The van der Waals surface area contributed by atoms with Crippen LogP contribution in [0.3, 0.4) is 0 Å². The molecular formula is C15H16N2O4S. The van der Waals surface area contributed by atoms with Crippen LogP contribution in [0.15, 0.2) is 29.2 Å². The average molecular weight is 320 g/mol. The van der Waals surface area contributed by atoms with Crippen molar-refractivity contribution in [1.29, 1.82) is 0 Å². The number of anilines is 1. The zero-order valence-electron chi connectivity index (χ0n) is 12.4. The molecule has 0 aliphatic carbocycles. The van der Waals surface area contributed by atoms with Gasteiger partial charge in [0.05, 0.1) is 5.69 Å². The van der Waals surface area contributed by atoms with E-state index in [4.69, 9.17) is 4.74 Å². The van der Waals surface area contributed by atoms with E-state index in [0.29, 0.717) is 12.8 Å². The van der Waals surface area contributed by atoms with Crippen LogP contribution in [-0.4, -0.2) is 48.3 Å². The normalized spacial score (nSPS) is 22.3. The number of esters is 1. The smallest absolute Gasteiger partial charge is 0.344 e. The molecule has 7 heteroatoms. The van der Waals surface area contributed by atoms with E-state index in [2.05, 4.69) is 0 Å². The van der Waals surface area contributed by atoms with Crippen molar-refractivity contribution in [2.75, 3.05) is 25.6 Å². The number of hydrogen-bond acceptors (Lipinski definition) is 5. The van der Waals surface area contributed by atoms with Gasteiger partial charge in [0, 0.05) is 31.8 Å². The topological polar surface area (TPSA) is 66.9 Å². The van der Waals surface area contributed by atoms with Crippen LogP contribution < -0.4 is 4.90 Å². The lowest BCUT2D eigenvalue weighted by molar-refractivity contribution is -0.153. The molecule has 2 heterocycles. The summed E-state index contributed by atoms with van der Waals surface area (Å²) < 4.78 is 5.19. The first kappa shape index (κ1) is 14.9. The van der Waals surface area contributed by atoms with E-state index in [1.807, 2.05) is 24.3 Å². The highest BCUT2D eigenvalue weighted by Gasteiger charge is 2.58. The molecule has 2 aliphatic heterocycles. The van der Waals surface area contributed by atoms with Crippen LogP contribution in [0.1, 0.15) is 12.8 Å². The summed E-state index contributed by atoms with van der Waals surface area (Å²) in [6.45, 7) is -0.313. The number of para-hydroxylation sites is 1. The Kier molecular flexibility index (Phi) is 3.60. The number of amides is 2. The largest absolute Gasteiger partial charge is 0.453 e. The third kappa shape index (κ3) is 2.16. The first-order chi connectivity index (χ1) is 10.5. The second kappa shape index (κ2) is 5.31. The van der Waals surface area contributed by atoms with Crippen molar-refractivity contribution in [3.8, 4) is 0 Å². The first-order valence-corrected chi connectivity index (χ1v) is 7.76. The molecule has 1 saturated heterocycles. The fourth-order valence-corrected chi connectivity index (χ4v) is 4.05. The van der Waals surface area contributed by atoms with Gasteiger partial charge >= 0.3 is 5.97 Å². The summed E-state index contributed by atoms with van der Waals surface area (Å²) in [5.41, 5.74) is 0.742. The first-order valence-electron chi connectivity index (χ1n) is 6.94. The molecule has 22 heavy (non-hydrogen) atoms. The Morgan fingerprint density at radius 2 is 2.09 bits per heavy atom. The quantitative estimate of drug-likeness (QED) is 0.784. The Morgan fingerprint density at radius 1 is 1.36 bits per heavy atom. The molecule has 1 fully saturated rings. The molecule has 116 valence electrons. The summed E-state index contributed by atoms with van der Waals surface area (Å²) in [6, 6.07) is 7.41. The van der Waals surface area contributed by atoms with Crippen molar-refractivity contribution in [1.82, 2.24) is 4.90 Å². The second-order valence-corrected chi connectivity index (χ2v) is 6.77.